The van der Waals surface area contributed by atoms with E-state index in [2.05, 4.69) is 65.6 Å². The summed E-state index contributed by atoms with van der Waals surface area (Å²) in [6.07, 6.45) is 2.55. The quantitative estimate of drug-likeness (QED) is 0.364. The van der Waals surface area contributed by atoms with E-state index in [1.807, 2.05) is 4.90 Å². The molecule has 7 heteroatoms. The molecule has 0 amide bonds. The van der Waals surface area contributed by atoms with Gasteiger partial charge in [-0.1, -0.05) is 43.7 Å². The van der Waals surface area contributed by atoms with Crippen molar-refractivity contribution in [3.8, 4) is 0 Å². The number of anilines is 1. The second-order valence-corrected chi connectivity index (χ2v) is 8.06. The Balaban J connectivity index is 0.00000300. The topological polar surface area (TPSA) is 52.6 Å². The molecule has 2 aromatic rings. The number of hydrogen-bond acceptors (Lipinski definition) is 3. The molecular formula is C22H31FIN5. The van der Waals surface area contributed by atoms with Crippen molar-refractivity contribution in [3.05, 3.63) is 59.5 Å². The molecule has 0 spiro atoms. The first-order valence-electron chi connectivity index (χ1n) is 9.79. The Kier molecular flexibility index (Phi) is 8.24. The number of halogens is 2. The van der Waals surface area contributed by atoms with Crippen LogP contribution in [0.4, 0.5) is 10.2 Å². The number of hydrogen-bond donors (Lipinski definition) is 2. The third-order valence-electron chi connectivity index (χ3n) is 5.29. The molecule has 1 fully saturated rings. The number of aryl methyl sites for hydroxylation is 1. The molecule has 1 unspecified atom stereocenters. The van der Waals surface area contributed by atoms with Crippen LogP contribution in [0.2, 0.25) is 0 Å². The molecule has 1 aliphatic rings. The highest BCUT2D eigenvalue weighted by atomic mass is 127. The fourth-order valence-corrected chi connectivity index (χ4v) is 3.54. The number of guanidine groups is 1. The minimum Gasteiger partial charge on any atom is -0.356 e. The number of benzene rings is 1. The lowest BCUT2D eigenvalue weighted by Crippen LogP contribution is -2.48. The van der Waals surface area contributed by atoms with Crippen LogP contribution in [0.1, 0.15) is 31.4 Å². The first-order valence-corrected chi connectivity index (χ1v) is 9.79. The molecule has 3 rings (SSSR count). The Morgan fingerprint density at radius 3 is 2.79 bits per heavy atom. The van der Waals surface area contributed by atoms with Gasteiger partial charge in [-0.15, -0.1) is 24.0 Å². The minimum atomic E-state index is -0.273. The van der Waals surface area contributed by atoms with Gasteiger partial charge in [-0.3, -0.25) is 4.99 Å². The molecular weight excluding hydrogens is 480 g/mol. The second kappa shape index (κ2) is 10.2. The summed E-state index contributed by atoms with van der Waals surface area (Å²) in [5, 5.41) is 6.92. The summed E-state index contributed by atoms with van der Waals surface area (Å²) in [4.78, 5) is 10.5. The van der Waals surface area contributed by atoms with Gasteiger partial charge in [0.2, 0.25) is 0 Å². The van der Waals surface area contributed by atoms with Crippen molar-refractivity contribution in [3.63, 3.8) is 0 Å². The van der Waals surface area contributed by atoms with E-state index in [-0.39, 0.29) is 41.3 Å². The predicted molar refractivity (Wildman–Crippen MR) is 129 cm³/mol. The highest BCUT2D eigenvalue weighted by Crippen LogP contribution is 2.23. The van der Waals surface area contributed by atoms with Gasteiger partial charge in [0.05, 0.1) is 0 Å². The lowest BCUT2D eigenvalue weighted by atomic mass is 9.84. The van der Waals surface area contributed by atoms with Gasteiger partial charge in [-0.05, 0) is 31.0 Å². The monoisotopic (exact) mass is 511 g/mol. The summed E-state index contributed by atoms with van der Waals surface area (Å²) in [5.74, 6) is 0.926. The Labute approximate surface area is 190 Å². The fraction of sp³-hybridized carbons (Fsp3) is 0.455. The maximum atomic E-state index is 14.0. The van der Waals surface area contributed by atoms with Gasteiger partial charge >= 0.3 is 0 Å². The smallest absolute Gasteiger partial charge is 0.191 e. The number of nitrogens with zero attached hydrogens (tertiary/aromatic N) is 3. The van der Waals surface area contributed by atoms with E-state index in [0.29, 0.717) is 12.4 Å². The minimum absolute atomic E-state index is 0. The molecule has 2 N–H and O–H groups in total. The summed E-state index contributed by atoms with van der Waals surface area (Å²) in [7, 11) is 1.78. The van der Waals surface area contributed by atoms with E-state index >= 15 is 0 Å². The van der Waals surface area contributed by atoms with Crippen LogP contribution in [-0.4, -0.2) is 43.7 Å². The summed E-state index contributed by atoms with van der Waals surface area (Å²) >= 11 is 0. The molecule has 0 bridgehead atoms. The molecule has 1 atom stereocenters. The zero-order valence-electron chi connectivity index (χ0n) is 17.6. The van der Waals surface area contributed by atoms with E-state index in [1.54, 1.807) is 19.3 Å². The Bertz CT molecular complexity index is 839. The van der Waals surface area contributed by atoms with Crippen molar-refractivity contribution in [1.29, 1.82) is 0 Å². The van der Waals surface area contributed by atoms with Crippen molar-refractivity contribution in [2.45, 2.75) is 38.6 Å². The lowest BCUT2D eigenvalue weighted by molar-refractivity contribution is 0.504. The maximum Gasteiger partial charge on any atom is 0.191 e. The Morgan fingerprint density at radius 1 is 1.31 bits per heavy atom. The van der Waals surface area contributed by atoms with Gasteiger partial charge in [-0.25, -0.2) is 9.37 Å². The van der Waals surface area contributed by atoms with Crippen LogP contribution in [0.25, 0.3) is 0 Å². The van der Waals surface area contributed by atoms with Crippen LogP contribution in [-0.2, 0) is 5.41 Å². The van der Waals surface area contributed by atoms with Crippen molar-refractivity contribution in [1.82, 2.24) is 15.6 Å². The van der Waals surface area contributed by atoms with Crippen molar-refractivity contribution in [2.24, 2.45) is 4.99 Å². The van der Waals surface area contributed by atoms with Gasteiger partial charge in [0.25, 0.3) is 0 Å². The number of aromatic nitrogens is 1. The van der Waals surface area contributed by atoms with Crippen LogP contribution in [0.3, 0.4) is 0 Å². The van der Waals surface area contributed by atoms with Gasteiger partial charge in [0.15, 0.2) is 17.6 Å². The first-order chi connectivity index (χ1) is 13.4. The predicted octanol–water partition coefficient (Wildman–Crippen LogP) is 3.87. The zero-order valence-corrected chi connectivity index (χ0v) is 19.9. The van der Waals surface area contributed by atoms with E-state index < -0.39 is 0 Å². The normalized spacial score (nSPS) is 17.1. The summed E-state index contributed by atoms with van der Waals surface area (Å²) < 4.78 is 14.0. The van der Waals surface area contributed by atoms with E-state index in [0.717, 1.165) is 25.5 Å². The SMILES string of the molecule is CN=C(NCC(C)(C)c1cccc(C)c1)NC1CCN(c2ncccc2F)C1.I. The summed E-state index contributed by atoms with van der Waals surface area (Å²) in [5.41, 5.74) is 2.54. The number of nitrogens with one attached hydrogen (secondary N) is 2. The molecule has 1 aromatic heterocycles. The molecule has 1 saturated heterocycles. The molecule has 0 saturated carbocycles. The second-order valence-electron chi connectivity index (χ2n) is 8.06. The Hall–Kier alpha value is -1.90. The highest BCUT2D eigenvalue weighted by Gasteiger charge is 2.27. The summed E-state index contributed by atoms with van der Waals surface area (Å²) in [6.45, 7) is 8.81. The average Bonchev–Trinajstić information content (AvgIpc) is 3.14. The fourth-order valence-electron chi connectivity index (χ4n) is 3.54. The van der Waals surface area contributed by atoms with E-state index in [4.69, 9.17) is 0 Å². The van der Waals surface area contributed by atoms with Gasteiger partial charge < -0.3 is 15.5 Å². The van der Waals surface area contributed by atoms with Gasteiger partial charge in [0, 0.05) is 44.3 Å². The van der Waals surface area contributed by atoms with Crippen LogP contribution >= 0.6 is 24.0 Å². The molecule has 29 heavy (non-hydrogen) atoms. The van der Waals surface area contributed by atoms with Crippen molar-refractivity contribution < 1.29 is 4.39 Å². The molecule has 1 aliphatic heterocycles. The van der Waals surface area contributed by atoms with Crippen molar-refractivity contribution in [2.75, 3.05) is 31.6 Å². The zero-order chi connectivity index (χ0) is 20.1. The first kappa shape index (κ1) is 23.4. The largest absolute Gasteiger partial charge is 0.356 e. The third kappa shape index (κ3) is 6.04. The molecule has 158 valence electrons. The van der Waals surface area contributed by atoms with E-state index in [9.17, 15) is 4.39 Å². The number of aliphatic imine (C=N–C) groups is 1. The molecule has 0 radical (unpaired) electrons. The van der Waals surface area contributed by atoms with Gasteiger partial charge in [0.1, 0.15) is 0 Å². The third-order valence-corrected chi connectivity index (χ3v) is 5.29. The average molecular weight is 511 g/mol. The summed E-state index contributed by atoms with van der Waals surface area (Å²) in [6, 6.07) is 11.9. The molecule has 5 nitrogen and oxygen atoms in total. The molecule has 0 aliphatic carbocycles. The van der Waals surface area contributed by atoms with E-state index in [1.165, 1.54) is 17.2 Å². The number of rotatable bonds is 5. The molecule has 1 aromatic carbocycles. The standard InChI is InChI=1S/C22H30FN5.HI/c1-16-7-5-8-17(13-16)22(2,3)15-26-21(24-4)27-18-10-12-28(14-18)20-19(23)9-6-11-25-20;/h5-9,11,13,18H,10,12,14-15H2,1-4H3,(H2,24,26,27);1H. The molecule has 2 heterocycles. The van der Waals surface area contributed by atoms with Crippen LogP contribution in [0.15, 0.2) is 47.6 Å². The Morgan fingerprint density at radius 2 is 2.10 bits per heavy atom. The van der Waals surface area contributed by atoms with Crippen molar-refractivity contribution >= 4 is 35.8 Å². The van der Waals surface area contributed by atoms with Crippen LogP contribution in [0, 0.1) is 12.7 Å². The number of pyridine rings is 1. The van der Waals surface area contributed by atoms with Gasteiger partial charge in [-0.2, -0.15) is 0 Å². The highest BCUT2D eigenvalue weighted by molar-refractivity contribution is 14.0. The maximum absolute atomic E-state index is 14.0. The lowest BCUT2D eigenvalue weighted by Gasteiger charge is -2.28. The van der Waals surface area contributed by atoms with Crippen LogP contribution in [0.5, 0.6) is 0 Å². The van der Waals surface area contributed by atoms with Crippen LogP contribution < -0.4 is 15.5 Å².